The summed E-state index contributed by atoms with van der Waals surface area (Å²) in [4.78, 5) is 0. The molecule has 0 aromatic rings. The SMILES string of the molecule is OC[C@H]1O[C@H](OC2CC3CC(O[C@H]4O[C@H](CO)[C@@H](O)[C@H](O)[C@H]4O)C(C4CC(O)C(O)C(O)C4)[OH+]C3CC2O)[C@H](O)[C@@H](O)[C@@H]1O. The molecule has 0 bridgehead atoms. The molecule has 256 valence electrons. The lowest BCUT2D eigenvalue weighted by Gasteiger charge is -2.49. The van der Waals surface area contributed by atoms with E-state index in [0.717, 1.165) is 0 Å². The molecule has 3 aliphatic heterocycles. The highest BCUT2D eigenvalue weighted by Crippen LogP contribution is 2.43. The maximum absolute atomic E-state index is 11.0. The van der Waals surface area contributed by atoms with Crippen LogP contribution in [0.15, 0.2) is 0 Å². The number of aliphatic hydroxyl groups excluding tert-OH is 12. The molecule has 5 aliphatic rings. The van der Waals surface area contributed by atoms with Crippen LogP contribution < -0.4 is 0 Å². The summed E-state index contributed by atoms with van der Waals surface area (Å²) in [5.74, 6) is -0.803. The lowest BCUT2D eigenvalue weighted by Crippen LogP contribution is -2.63. The molecule has 0 radical (unpaired) electrons. The van der Waals surface area contributed by atoms with Crippen LogP contribution in [0.3, 0.4) is 0 Å². The quantitative estimate of drug-likeness (QED) is 0.115. The average molecular weight is 644 g/mol. The normalized spacial score (nSPS) is 55.4. The first-order chi connectivity index (χ1) is 20.8. The Morgan fingerprint density at radius 2 is 0.977 bits per heavy atom. The standard InChI is InChI=1S/C27H46O17/c28-6-16-19(34)21(36)23(38)26(43-16)41-14-3-8-4-15(42-27-24(39)22(37)20(35)17(7-29)44-27)25(40-13(8)5-10(14)30)9-1-11(31)18(33)12(32)2-9/h8-39H,1-7H2/p+1/t8?,9?,10?,11?,12?,13?,14?,15?,16-,17-,18?,19-,20-,21+,22+,23-,24-,25?,26+,27+/m1/s1. The van der Waals surface area contributed by atoms with E-state index in [1.807, 2.05) is 0 Å². The van der Waals surface area contributed by atoms with Gasteiger partial charge in [0.15, 0.2) is 24.8 Å². The third kappa shape index (κ3) is 6.81. The van der Waals surface area contributed by atoms with E-state index in [1.165, 1.54) is 0 Å². The van der Waals surface area contributed by atoms with Crippen LogP contribution in [-0.2, 0) is 18.9 Å². The van der Waals surface area contributed by atoms with Crippen LogP contribution in [0.25, 0.3) is 0 Å². The van der Waals surface area contributed by atoms with Crippen molar-refractivity contribution >= 4 is 0 Å². The summed E-state index contributed by atoms with van der Waals surface area (Å²) in [6.45, 7) is -1.32. The lowest BCUT2D eigenvalue weighted by molar-refractivity contribution is -0.361. The predicted octanol–water partition coefficient (Wildman–Crippen LogP) is -6.71. The van der Waals surface area contributed by atoms with Crippen molar-refractivity contribution in [2.75, 3.05) is 13.2 Å². The van der Waals surface area contributed by atoms with Gasteiger partial charge in [-0.3, -0.25) is 0 Å². The minimum absolute atomic E-state index is 0.0731. The van der Waals surface area contributed by atoms with E-state index in [0.29, 0.717) is 0 Å². The number of hydrogen-bond donors (Lipinski definition) is 12. The molecule has 3 heterocycles. The highest BCUT2D eigenvalue weighted by molar-refractivity contribution is 5.00. The van der Waals surface area contributed by atoms with Gasteiger partial charge in [0, 0.05) is 18.3 Å². The van der Waals surface area contributed by atoms with Gasteiger partial charge in [-0.2, -0.15) is 0 Å². The summed E-state index contributed by atoms with van der Waals surface area (Å²) in [7, 11) is 0. The third-order valence-corrected chi connectivity index (χ3v) is 9.95. The summed E-state index contributed by atoms with van der Waals surface area (Å²) in [5, 5.41) is 123. The van der Waals surface area contributed by atoms with E-state index in [4.69, 9.17) is 23.7 Å². The van der Waals surface area contributed by atoms with Crippen molar-refractivity contribution in [3.8, 4) is 0 Å². The summed E-state index contributed by atoms with van der Waals surface area (Å²) < 4.78 is 28.0. The molecule has 13 N–H and O–H groups in total. The van der Waals surface area contributed by atoms with Crippen LogP contribution in [0.2, 0.25) is 0 Å². The molecule has 5 fully saturated rings. The van der Waals surface area contributed by atoms with Crippen molar-refractivity contribution in [2.45, 2.75) is 142 Å². The van der Waals surface area contributed by atoms with Crippen LogP contribution >= 0.6 is 0 Å². The van der Waals surface area contributed by atoms with Gasteiger partial charge in [0.25, 0.3) is 0 Å². The third-order valence-electron chi connectivity index (χ3n) is 9.95. The molecule has 17 heteroatoms. The molecule has 0 spiro atoms. The highest BCUT2D eigenvalue weighted by Gasteiger charge is 2.56. The first-order valence-electron chi connectivity index (χ1n) is 15.2. The van der Waals surface area contributed by atoms with Gasteiger partial charge >= 0.3 is 0 Å². The van der Waals surface area contributed by atoms with Crippen LogP contribution in [0.4, 0.5) is 0 Å². The Morgan fingerprint density at radius 1 is 0.500 bits per heavy atom. The molecule has 44 heavy (non-hydrogen) atoms. The van der Waals surface area contributed by atoms with Gasteiger partial charge in [0.2, 0.25) is 0 Å². The molecule has 8 unspecified atom stereocenters. The number of hydrogen-bond acceptors (Lipinski definition) is 16. The Kier molecular flexibility index (Phi) is 11.2. The molecule has 0 amide bonds. The van der Waals surface area contributed by atoms with Gasteiger partial charge in [0.05, 0.1) is 37.6 Å². The topological polar surface area (TPSA) is 292 Å². The van der Waals surface area contributed by atoms with E-state index in [9.17, 15) is 61.3 Å². The second-order valence-corrected chi connectivity index (χ2v) is 12.8. The number of fused-ring (bicyclic) bond motifs is 1. The van der Waals surface area contributed by atoms with Crippen molar-refractivity contribution in [1.82, 2.24) is 0 Å². The van der Waals surface area contributed by atoms with Crippen molar-refractivity contribution < 1.29 is 85.0 Å². The van der Waals surface area contributed by atoms with E-state index >= 15 is 0 Å². The maximum Gasteiger partial charge on any atom is 0.187 e. The summed E-state index contributed by atoms with van der Waals surface area (Å²) >= 11 is 0. The van der Waals surface area contributed by atoms with Crippen molar-refractivity contribution in [3.05, 3.63) is 0 Å². The van der Waals surface area contributed by atoms with Crippen LogP contribution in [0.5, 0.6) is 0 Å². The second kappa shape index (κ2) is 14.2. The minimum atomic E-state index is -1.69. The van der Waals surface area contributed by atoms with Crippen molar-refractivity contribution in [3.63, 3.8) is 0 Å². The molecule has 0 aromatic heterocycles. The smallest absolute Gasteiger partial charge is 0.187 e. The summed E-state index contributed by atoms with van der Waals surface area (Å²) in [5.41, 5.74) is 0. The highest BCUT2D eigenvalue weighted by atomic mass is 16.7. The zero-order valence-corrected chi connectivity index (χ0v) is 23.9. The van der Waals surface area contributed by atoms with E-state index in [2.05, 4.69) is 0 Å². The average Bonchev–Trinajstić information content (AvgIpc) is 3.00. The van der Waals surface area contributed by atoms with E-state index in [-0.39, 0.29) is 38.0 Å². The Balaban J connectivity index is 1.33. The molecule has 0 aromatic carbocycles. The molecule has 18 atom stereocenters. The van der Waals surface area contributed by atoms with Crippen molar-refractivity contribution in [2.24, 2.45) is 11.8 Å². The molecule has 3 saturated heterocycles. The van der Waals surface area contributed by atoms with Crippen LogP contribution in [0.1, 0.15) is 32.1 Å². The maximum atomic E-state index is 11.0. The zero-order valence-electron chi connectivity index (χ0n) is 23.9. The summed E-state index contributed by atoms with van der Waals surface area (Å²) in [6, 6.07) is 0. The van der Waals surface area contributed by atoms with E-state index < -0.39 is 129 Å². The fraction of sp³-hybridized carbons (Fsp3) is 1.00. The molecule has 2 aliphatic carbocycles. The van der Waals surface area contributed by atoms with Gasteiger partial charge in [0.1, 0.15) is 61.0 Å². The number of ether oxygens (including phenoxy) is 5. The van der Waals surface area contributed by atoms with Crippen LogP contribution in [-0.4, -0.2) is 189 Å². The minimum Gasteiger partial charge on any atom is -0.427 e. The molecular weight excluding hydrogens is 596 g/mol. The fourth-order valence-corrected chi connectivity index (χ4v) is 7.34. The molecule has 5 rings (SSSR count). The largest absolute Gasteiger partial charge is 0.427 e. The van der Waals surface area contributed by atoms with Gasteiger partial charge in [-0.25, -0.2) is 0 Å². The van der Waals surface area contributed by atoms with Gasteiger partial charge in [-0.1, -0.05) is 0 Å². The number of rotatable bonds is 7. The number of aliphatic hydroxyl groups is 14. The fourth-order valence-electron chi connectivity index (χ4n) is 7.34. The first-order valence-corrected chi connectivity index (χ1v) is 15.2. The summed E-state index contributed by atoms with van der Waals surface area (Å²) in [6.07, 6.45) is -22.4. The molecule has 17 nitrogen and oxygen atoms in total. The molecule has 2 saturated carbocycles. The van der Waals surface area contributed by atoms with E-state index in [1.54, 1.807) is 0 Å². The zero-order chi connectivity index (χ0) is 32.0. The van der Waals surface area contributed by atoms with Crippen molar-refractivity contribution in [1.29, 1.82) is 0 Å². The first kappa shape index (κ1) is 34.6. The van der Waals surface area contributed by atoms with Gasteiger partial charge in [-0.15, -0.1) is 0 Å². The second-order valence-electron chi connectivity index (χ2n) is 12.8. The Bertz CT molecular complexity index is 915. The predicted molar refractivity (Wildman–Crippen MR) is 141 cm³/mol. The molecular formula is C27H47O17+. The Hall–Kier alpha value is -0.680. The van der Waals surface area contributed by atoms with Gasteiger partial charge < -0.3 is 85.0 Å². The van der Waals surface area contributed by atoms with Gasteiger partial charge in [-0.05, 0) is 25.7 Å². The monoisotopic (exact) mass is 643 g/mol. The van der Waals surface area contributed by atoms with Crippen LogP contribution in [0, 0.1) is 11.8 Å². The Labute approximate surface area is 252 Å². The lowest BCUT2D eigenvalue weighted by atomic mass is 9.72. The Morgan fingerprint density at radius 3 is 1.48 bits per heavy atom.